The highest BCUT2D eigenvalue weighted by Gasteiger charge is 2.26. The third-order valence-electron chi connectivity index (χ3n) is 3.92. The molecule has 0 aromatic heterocycles. The van der Waals surface area contributed by atoms with Gasteiger partial charge < -0.3 is 9.80 Å². The minimum absolute atomic E-state index is 0.750. The number of piperidine rings is 1. The summed E-state index contributed by atoms with van der Waals surface area (Å²) < 4.78 is 0. The number of fused-ring (bicyclic) bond motifs is 1. The number of rotatable bonds is 1. The van der Waals surface area contributed by atoms with Crippen molar-refractivity contribution in [2.75, 3.05) is 30.9 Å². The van der Waals surface area contributed by atoms with Gasteiger partial charge in [0.05, 0.1) is 5.88 Å². The van der Waals surface area contributed by atoms with Crippen LogP contribution < -0.4 is 4.90 Å². The first kappa shape index (κ1) is 11.4. The molecule has 0 unspecified atom stereocenters. The van der Waals surface area contributed by atoms with Crippen molar-refractivity contribution < 1.29 is 0 Å². The van der Waals surface area contributed by atoms with E-state index in [0.29, 0.717) is 0 Å². The molecule has 0 saturated carbocycles. The van der Waals surface area contributed by atoms with E-state index in [1.807, 2.05) is 0 Å². The van der Waals surface area contributed by atoms with Crippen molar-refractivity contribution >= 4 is 17.4 Å². The van der Waals surface area contributed by atoms with Crippen molar-refractivity contribution in [1.29, 1.82) is 0 Å². The summed E-state index contributed by atoms with van der Waals surface area (Å²) in [7, 11) is 2.23. The van der Waals surface area contributed by atoms with Gasteiger partial charge in [-0.15, -0.1) is 11.8 Å². The van der Waals surface area contributed by atoms with Crippen LogP contribution in [0.3, 0.4) is 0 Å². The van der Waals surface area contributed by atoms with Crippen LogP contribution in [0.1, 0.15) is 18.4 Å². The van der Waals surface area contributed by atoms with Crippen LogP contribution in [0.4, 0.5) is 5.69 Å². The Morgan fingerprint density at radius 2 is 1.94 bits per heavy atom. The Balaban J connectivity index is 1.80. The number of nitrogens with zero attached hydrogens (tertiary/aromatic N) is 2. The normalized spacial score (nSPS) is 22.5. The molecule has 2 nitrogen and oxygen atoms in total. The molecule has 2 aliphatic heterocycles. The summed E-state index contributed by atoms with van der Waals surface area (Å²) in [5.74, 6) is 2.35. The van der Waals surface area contributed by atoms with Crippen molar-refractivity contribution in [2.45, 2.75) is 24.6 Å². The molecule has 2 heterocycles. The number of benzene rings is 1. The van der Waals surface area contributed by atoms with Crippen LogP contribution >= 0.6 is 11.8 Å². The zero-order chi connectivity index (χ0) is 11.7. The topological polar surface area (TPSA) is 6.48 Å². The Morgan fingerprint density at radius 3 is 2.76 bits per heavy atom. The number of thioether (sulfide) groups is 1. The van der Waals surface area contributed by atoms with Crippen LogP contribution in [0.15, 0.2) is 24.3 Å². The van der Waals surface area contributed by atoms with Gasteiger partial charge >= 0.3 is 0 Å². The molecule has 2 aliphatic rings. The number of likely N-dealkylation sites (tertiary alicyclic amines) is 1. The molecule has 3 heteroatoms. The Labute approximate surface area is 108 Å². The summed E-state index contributed by atoms with van der Waals surface area (Å²) in [6.07, 6.45) is 2.62. The minimum atomic E-state index is 0.750. The van der Waals surface area contributed by atoms with Gasteiger partial charge in [-0.2, -0.15) is 0 Å². The Bertz CT molecular complexity index is 386. The van der Waals surface area contributed by atoms with Gasteiger partial charge in [0.15, 0.2) is 0 Å². The standard InChI is InChI=1S/C14H20N2S/c1-15-8-6-13(7-9-15)16-11-17-10-12-4-2-3-5-14(12)16/h2-5,13H,6-11H2,1H3. The van der Waals surface area contributed by atoms with E-state index in [0.717, 1.165) is 6.04 Å². The van der Waals surface area contributed by atoms with E-state index < -0.39 is 0 Å². The fraction of sp³-hybridized carbons (Fsp3) is 0.571. The molecular weight excluding hydrogens is 228 g/mol. The minimum Gasteiger partial charge on any atom is -0.359 e. The van der Waals surface area contributed by atoms with Crippen molar-refractivity contribution in [3.8, 4) is 0 Å². The van der Waals surface area contributed by atoms with Crippen molar-refractivity contribution in [1.82, 2.24) is 4.90 Å². The predicted octanol–water partition coefficient (Wildman–Crippen LogP) is 2.79. The van der Waals surface area contributed by atoms with Crippen LogP contribution in [0.25, 0.3) is 0 Å². The molecule has 0 spiro atoms. The lowest BCUT2D eigenvalue weighted by atomic mass is 10.0. The molecule has 0 N–H and O–H groups in total. The first-order chi connectivity index (χ1) is 8.34. The SMILES string of the molecule is CN1CCC(N2CSCc3ccccc32)CC1. The molecule has 3 rings (SSSR count). The second kappa shape index (κ2) is 4.91. The molecule has 0 amide bonds. The molecule has 92 valence electrons. The van der Waals surface area contributed by atoms with E-state index in [1.54, 1.807) is 0 Å². The summed E-state index contributed by atoms with van der Waals surface area (Å²) >= 11 is 2.05. The summed E-state index contributed by atoms with van der Waals surface area (Å²) in [6.45, 7) is 2.49. The van der Waals surface area contributed by atoms with E-state index in [1.165, 1.54) is 48.8 Å². The summed E-state index contributed by atoms with van der Waals surface area (Å²) in [4.78, 5) is 5.08. The number of hydrogen-bond donors (Lipinski definition) is 0. The van der Waals surface area contributed by atoms with E-state index >= 15 is 0 Å². The maximum absolute atomic E-state index is 2.64. The Morgan fingerprint density at radius 1 is 1.18 bits per heavy atom. The second-order valence-electron chi connectivity index (χ2n) is 5.11. The molecule has 0 aliphatic carbocycles. The molecule has 0 bridgehead atoms. The van der Waals surface area contributed by atoms with Gasteiger partial charge in [-0.1, -0.05) is 18.2 Å². The smallest absolute Gasteiger partial charge is 0.0646 e. The predicted molar refractivity (Wildman–Crippen MR) is 75.6 cm³/mol. The largest absolute Gasteiger partial charge is 0.359 e. The summed E-state index contributed by atoms with van der Waals surface area (Å²) in [5, 5.41) is 0. The van der Waals surface area contributed by atoms with Crippen LogP contribution in [-0.4, -0.2) is 37.0 Å². The van der Waals surface area contributed by atoms with Gasteiger partial charge in [0.25, 0.3) is 0 Å². The Hall–Kier alpha value is -0.670. The van der Waals surface area contributed by atoms with Gasteiger partial charge in [-0.05, 0) is 44.6 Å². The maximum atomic E-state index is 2.64. The molecule has 1 aromatic carbocycles. The zero-order valence-corrected chi connectivity index (χ0v) is 11.2. The van der Waals surface area contributed by atoms with Gasteiger partial charge in [0, 0.05) is 17.5 Å². The van der Waals surface area contributed by atoms with Crippen molar-refractivity contribution in [2.24, 2.45) is 0 Å². The fourth-order valence-electron chi connectivity index (χ4n) is 2.85. The molecule has 0 atom stereocenters. The van der Waals surface area contributed by atoms with Crippen LogP contribution in [0.5, 0.6) is 0 Å². The first-order valence-corrected chi connectivity index (χ1v) is 7.61. The molecule has 1 aromatic rings. The summed E-state index contributed by atoms with van der Waals surface area (Å²) in [5.41, 5.74) is 3.00. The van der Waals surface area contributed by atoms with Crippen molar-refractivity contribution in [3.63, 3.8) is 0 Å². The van der Waals surface area contributed by atoms with Crippen molar-refractivity contribution in [3.05, 3.63) is 29.8 Å². The first-order valence-electron chi connectivity index (χ1n) is 6.45. The molecule has 17 heavy (non-hydrogen) atoms. The molecular formula is C14H20N2S. The molecule has 1 saturated heterocycles. The highest BCUT2D eigenvalue weighted by Crippen LogP contribution is 2.34. The lowest BCUT2D eigenvalue weighted by Crippen LogP contribution is -2.44. The third kappa shape index (κ3) is 2.31. The van der Waals surface area contributed by atoms with Gasteiger partial charge in [-0.3, -0.25) is 0 Å². The van der Waals surface area contributed by atoms with E-state index in [4.69, 9.17) is 0 Å². The second-order valence-corrected chi connectivity index (χ2v) is 6.07. The highest BCUT2D eigenvalue weighted by atomic mass is 32.2. The third-order valence-corrected chi connectivity index (χ3v) is 4.89. The average molecular weight is 248 g/mol. The van der Waals surface area contributed by atoms with Gasteiger partial charge in [0.2, 0.25) is 0 Å². The number of hydrogen-bond acceptors (Lipinski definition) is 3. The van der Waals surface area contributed by atoms with E-state index in [2.05, 4.69) is 52.9 Å². The van der Waals surface area contributed by atoms with E-state index in [9.17, 15) is 0 Å². The maximum Gasteiger partial charge on any atom is 0.0646 e. The summed E-state index contributed by atoms with van der Waals surface area (Å²) in [6, 6.07) is 9.67. The van der Waals surface area contributed by atoms with Gasteiger partial charge in [0.1, 0.15) is 0 Å². The zero-order valence-electron chi connectivity index (χ0n) is 10.4. The highest BCUT2D eigenvalue weighted by molar-refractivity contribution is 7.98. The number of para-hydroxylation sites is 1. The average Bonchev–Trinajstić information content (AvgIpc) is 2.39. The van der Waals surface area contributed by atoms with Crippen LogP contribution in [0, 0.1) is 0 Å². The lowest BCUT2D eigenvalue weighted by molar-refractivity contribution is 0.252. The fourth-order valence-corrected chi connectivity index (χ4v) is 3.95. The van der Waals surface area contributed by atoms with Crippen LogP contribution in [-0.2, 0) is 5.75 Å². The monoisotopic (exact) mass is 248 g/mol. The molecule has 0 radical (unpaired) electrons. The van der Waals surface area contributed by atoms with Crippen LogP contribution in [0.2, 0.25) is 0 Å². The quantitative estimate of drug-likeness (QED) is 0.754. The lowest BCUT2D eigenvalue weighted by Gasteiger charge is -2.41. The Kier molecular flexibility index (Phi) is 3.30. The number of anilines is 1. The molecule has 1 fully saturated rings. The van der Waals surface area contributed by atoms with Gasteiger partial charge in [-0.25, -0.2) is 0 Å². The van der Waals surface area contributed by atoms with E-state index in [-0.39, 0.29) is 0 Å².